The summed E-state index contributed by atoms with van der Waals surface area (Å²) in [4.78, 5) is 0. The third-order valence-electron chi connectivity index (χ3n) is 3.73. The largest absolute Gasteiger partial charge is 0.504 e. The monoisotopic (exact) mass is 251 g/mol. The maximum Gasteiger partial charge on any atom is 0.200 e. The zero-order valence-corrected chi connectivity index (χ0v) is 10.7. The van der Waals surface area contributed by atoms with Crippen LogP contribution in [0.15, 0.2) is 12.1 Å². The fourth-order valence-electron chi connectivity index (χ4n) is 2.63. The van der Waals surface area contributed by atoms with Gasteiger partial charge in [0.15, 0.2) is 11.5 Å². The van der Waals surface area contributed by atoms with Crippen molar-refractivity contribution in [2.45, 2.75) is 45.2 Å². The molecule has 2 rings (SSSR count). The molecule has 0 saturated heterocycles. The number of phenolic OH excluding ortho intramolecular Hbond substituents is 3. The van der Waals surface area contributed by atoms with Crippen LogP contribution in [-0.2, 0) is 6.54 Å². The molecule has 0 bridgehead atoms. The van der Waals surface area contributed by atoms with Crippen molar-refractivity contribution in [1.82, 2.24) is 5.32 Å². The van der Waals surface area contributed by atoms with E-state index < -0.39 is 5.75 Å². The highest BCUT2D eigenvalue weighted by molar-refractivity contribution is 5.52. The molecule has 1 aliphatic rings. The summed E-state index contributed by atoms with van der Waals surface area (Å²) in [7, 11) is 0. The van der Waals surface area contributed by atoms with Gasteiger partial charge in [0.25, 0.3) is 0 Å². The summed E-state index contributed by atoms with van der Waals surface area (Å²) in [5, 5.41) is 31.8. The molecule has 4 N–H and O–H groups in total. The Morgan fingerprint density at radius 2 is 1.94 bits per heavy atom. The van der Waals surface area contributed by atoms with E-state index in [9.17, 15) is 15.3 Å². The minimum Gasteiger partial charge on any atom is -0.504 e. The van der Waals surface area contributed by atoms with Gasteiger partial charge in [0.1, 0.15) is 0 Å². The van der Waals surface area contributed by atoms with Crippen LogP contribution in [0.2, 0.25) is 0 Å². The van der Waals surface area contributed by atoms with Gasteiger partial charge in [0.05, 0.1) is 0 Å². The fraction of sp³-hybridized carbons (Fsp3) is 0.571. The van der Waals surface area contributed by atoms with Gasteiger partial charge in [0, 0.05) is 18.2 Å². The van der Waals surface area contributed by atoms with E-state index in [1.165, 1.54) is 18.9 Å². The molecule has 2 unspecified atom stereocenters. The zero-order chi connectivity index (χ0) is 13.1. The second kappa shape index (κ2) is 5.48. The van der Waals surface area contributed by atoms with E-state index in [0.29, 0.717) is 18.2 Å². The lowest BCUT2D eigenvalue weighted by molar-refractivity contribution is 0.298. The first-order valence-electron chi connectivity index (χ1n) is 6.54. The summed E-state index contributed by atoms with van der Waals surface area (Å²) in [5.41, 5.74) is 0.614. The Morgan fingerprint density at radius 1 is 1.17 bits per heavy atom. The van der Waals surface area contributed by atoms with Gasteiger partial charge in [-0.3, -0.25) is 0 Å². The van der Waals surface area contributed by atoms with Crippen LogP contribution >= 0.6 is 0 Å². The van der Waals surface area contributed by atoms with Crippen molar-refractivity contribution in [2.24, 2.45) is 5.92 Å². The first kappa shape index (κ1) is 13.0. The van der Waals surface area contributed by atoms with Crippen molar-refractivity contribution in [3.05, 3.63) is 17.7 Å². The topological polar surface area (TPSA) is 72.7 Å². The second-order valence-electron chi connectivity index (χ2n) is 5.29. The summed E-state index contributed by atoms with van der Waals surface area (Å²) in [6.07, 6.45) is 4.86. The van der Waals surface area contributed by atoms with E-state index in [0.717, 1.165) is 18.8 Å². The van der Waals surface area contributed by atoms with E-state index in [4.69, 9.17) is 0 Å². The number of phenols is 3. The predicted octanol–water partition coefficient (Wildman–Crippen LogP) is 2.47. The van der Waals surface area contributed by atoms with Crippen molar-refractivity contribution in [2.75, 3.05) is 0 Å². The van der Waals surface area contributed by atoms with Gasteiger partial charge in [-0.05, 0) is 24.8 Å². The van der Waals surface area contributed by atoms with Crippen molar-refractivity contribution >= 4 is 0 Å². The van der Waals surface area contributed by atoms with Crippen molar-refractivity contribution < 1.29 is 15.3 Å². The summed E-state index contributed by atoms with van der Waals surface area (Å²) in [6, 6.07) is 3.50. The van der Waals surface area contributed by atoms with Gasteiger partial charge in [0.2, 0.25) is 5.75 Å². The lowest BCUT2D eigenvalue weighted by Crippen LogP contribution is -2.33. The van der Waals surface area contributed by atoms with Gasteiger partial charge in [-0.25, -0.2) is 0 Å². The molecule has 4 nitrogen and oxygen atoms in total. The molecule has 0 heterocycles. The maximum absolute atomic E-state index is 9.71. The van der Waals surface area contributed by atoms with Gasteiger partial charge in [-0.15, -0.1) is 0 Å². The molecule has 0 aliphatic heterocycles. The molecule has 0 aromatic heterocycles. The number of aromatic hydroxyl groups is 3. The molecule has 1 fully saturated rings. The minimum atomic E-state index is -0.439. The number of rotatable bonds is 3. The number of hydrogen-bond acceptors (Lipinski definition) is 4. The Bertz CT molecular complexity index is 420. The summed E-state index contributed by atoms with van der Waals surface area (Å²) < 4.78 is 0. The summed E-state index contributed by atoms with van der Waals surface area (Å²) >= 11 is 0. The molecule has 1 aromatic carbocycles. The van der Waals surface area contributed by atoms with Crippen LogP contribution in [0.5, 0.6) is 17.2 Å². The van der Waals surface area contributed by atoms with E-state index >= 15 is 0 Å². The van der Waals surface area contributed by atoms with Gasteiger partial charge in [-0.1, -0.05) is 25.8 Å². The lowest BCUT2D eigenvalue weighted by atomic mass is 9.87. The second-order valence-corrected chi connectivity index (χ2v) is 5.29. The van der Waals surface area contributed by atoms with Crippen molar-refractivity contribution in [3.63, 3.8) is 0 Å². The average Bonchev–Trinajstić information content (AvgIpc) is 2.35. The maximum atomic E-state index is 9.71. The normalized spacial score (nSPS) is 24.1. The molecule has 0 amide bonds. The summed E-state index contributed by atoms with van der Waals surface area (Å²) in [5.74, 6) is -0.210. The average molecular weight is 251 g/mol. The Labute approximate surface area is 107 Å². The molecule has 1 aromatic rings. The first-order chi connectivity index (χ1) is 8.58. The molecule has 18 heavy (non-hydrogen) atoms. The van der Waals surface area contributed by atoms with E-state index in [2.05, 4.69) is 12.2 Å². The quantitative estimate of drug-likeness (QED) is 0.623. The van der Waals surface area contributed by atoms with Crippen LogP contribution < -0.4 is 5.32 Å². The van der Waals surface area contributed by atoms with Crippen LogP contribution in [0, 0.1) is 5.92 Å². The molecule has 100 valence electrons. The molecule has 4 heteroatoms. The molecule has 0 spiro atoms. The van der Waals surface area contributed by atoms with Crippen molar-refractivity contribution in [3.8, 4) is 17.2 Å². The standard InChI is InChI=1S/C14H21NO3/c1-9-3-2-4-11(7-9)15-8-10-5-6-12(16)14(18)13(10)17/h5-6,9,11,15-18H,2-4,7-8H2,1H3. The molecular weight excluding hydrogens is 230 g/mol. The van der Waals surface area contributed by atoms with Crippen molar-refractivity contribution in [1.29, 1.82) is 0 Å². The minimum absolute atomic E-state index is 0.230. The predicted molar refractivity (Wildman–Crippen MR) is 69.7 cm³/mol. The molecule has 1 aliphatic carbocycles. The van der Waals surface area contributed by atoms with Crippen LogP contribution in [-0.4, -0.2) is 21.4 Å². The summed E-state index contributed by atoms with van der Waals surface area (Å²) in [6.45, 7) is 2.77. The Balaban J connectivity index is 1.96. The Morgan fingerprint density at radius 3 is 2.67 bits per heavy atom. The first-order valence-corrected chi connectivity index (χ1v) is 6.54. The number of hydrogen-bond donors (Lipinski definition) is 4. The molecule has 1 saturated carbocycles. The Hall–Kier alpha value is -1.42. The van der Waals surface area contributed by atoms with Gasteiger partial charge in [-0.2, -0.15) is 0 Å². The Kier molecular flexibility index (Phi) is 3.97. The molecule has 2 atom stereocenters. The van der Waals surface area contributed by atoms with Gasteiger partial charge < -0.3 is 20.6 Å². The van der Waals surface area contributed by atoms with Gasteiger partial charge >= 0.3 is 0 Å². The highest BCUT2D eigenvalue weighted by Gasteiger charge is 2.19. The third kappa shape index (κ3) is 2.88. The smallest absolute Gasteiger partial charge is 0.200 e. The highest BCUT2D eigenvalue weighted by Crippen LogP contribution is 2.37. The molecule has 0 radical (unpaired) electrons. The van der Waals surface area contributed by atoms with E-state index in [1.54, 1.807) is 6.07 Å². The number of nitrogens with one attached hydrogen (secondary N) is 1. The zero-order valence-electron chi connectivity index (χ0n) is 10.7. The van der Waals surface area contributed by atoms with E-state index in [-0.39, 0.29) is 11.5 Å². The van der Waals surface area contributed by atoms with Crippen LogP contribution in [0.25, 0.3) is 0 Å². The number of benzene rings is 1. The van der Waals surface area contributed by atoms with Crippen LogP contribution in [0.3, 0.4) is 0 Å². The fourth-order valence-corrected chi connectivity index (χ4v) is 2.63. The van der Waals surface area contributed by atoms with Crippen LogP contribution in [0.4, 0.5) is 0 Å². The molecular formula is C14H21NO3. The lowest BCUT2D eigenvalue weighted by Gasteiger charge is -2.27. The van der Waals surface area contributed by atoms with Crippen LogP contribution in [0.1, 0.15) is 38.2 Å². The third-order valence-corrected chi connectivity index (χ3v) is 3.73. The highest BCUT2D eigenvalue weighted by atomic mass is 16.3. The SMILES string of the molecule is CC1CCCC(NCc2ccc(O)c(O)c2O)C1. The van der Waals surface area contributed by atoms with E-state index in [1.807, 2.05) is 0 Å².